The van der Waals surface area contributed by atoms with E-state index in [0.717, 1.165) is 5.56 Å². The molecule has 2 aromatic rings. The van der Waals surface area contributed by atoms with E-state index in [1.54, 1.807) is 18.2 Å². The van der Waals surface area contributed by atoms with Crippen LogP contribution in [0.5, 0.6) is 0 Å². The molecule has 0 N–H and O–H groups in total. The fourth-order valence-corrected chi connectivity index (χ4v) is 2.65. The first-order chi connectivity index (χ1) is 9.99. The van der Waals surface area contributed by atoms with Crippen LogP contribution in [0, 0.1) is 16.0 Å². The molecule has 108 valence electrons. The van der Waals surface area contributed by atoms with Crippen LogP contribution in [0.1, 0.15) is 22.8 Å². The van der Waals surface area contributed by atoms with Gasteiger partial charge >= 0.3 is 0 Å². The van der Waals surface area contributed by atoms with Crippen LogP contribution >= 0.6 is 15.9 Å². The molecule has 0 spiro atoms. The summed E-state index contributed by atoms with van der Waals surface area (Å²) in [4.78, 5) is 22.6. The molecule has 0 aliphatic carbocycles. The van der Waals surface area contributed by atoms with E-state index in [-0.39, 0.29) is 17.4 Å². The Morgan fingerprint density at radius 2 is 1.90 bits per heavy atom. The van der Waals surface area contributed by atoms with Crippen molar-refractivity contribution >= 4 is 27.4 Å². The minimum atomic E-state index is -0.437. The molecule has 0 aliphatic heterocycles. The van der Waals surface area contributed by atoms with Gasteiger partial charge in [-0.25, -0.2) is 0 Å². The molecule has 0 aromatic heterocycles. The van der Waals surface area contributed by atoms with Crippen molar-refractivity contribution in [1.29, 1.82) is 0 Å². The number of non-ortho nitro benzene ring substituents is 1. The van der Waals surface area contributed by atoms with Crippen molar-refractivity contribution in [2.75, 3.05) is 0 Å². The number of Topliss-reactive ketones (excluding diaryl/α,β-unsaturated/α-hetero) is 1. The molecule has 5 heteroatoms. The molecule has 21 heavy (non-hydrogen) atoms. The molecule has 1 unspecified atom stereocenters. The number of nitro benzene ring substituents is 1. The number of nitrogens with zero attached hydrogens (tertiary/aromatic N) is 1. The van der Waals surface area contributed by atoms with E-state index in [1.165, 1.54) is 12.1 Å². The summed E-state index contributed by atoms with van der Waals surface area (Å²) >= 11 is 3.33. The van der Waals surface area contributed by atoms with E-state index >= 15 is 0 Å². The first-order valence-electron chi connectivity index (χ1n) is 6.51. The van der Waals surface area contributed by atoms with Gasteiger partial charge in [0.1, 0.15) is 0 Å². The summed E-state index contributed by atoms with van der Waals surface area (Å²) in [6, 6.07) is 13.7. The Morgan fingerprint density at radius 3 is 2.48 bits per heavy atom. The highest BCUT2D eigenvalue weighted by Crippen LogP contribution is 2.26. The fraction of sp³-hybridized carbons (Fsp3) is 0.188. The lowest BCUT2D eigenvalue weighted by Gasteiger charge is -2.12. The Kier molecular flexibility index (Phi) is 4.85. The summed E-state index contributed by atoms with van der Waals surface area (Å²) in [7, 11) is 0. The molecule has 0 heterocycles. The molecule has 0 radical (unpaired) electrons. The van der Waals surface area contributed by atoms with Gasteiger partial charge in [0, 0.05) is 28.1 Å². The first-order valence-corrected chi connectivity index (χ1v) is 7.30. The number of halogens is 1. The largest absolute Gasteiger partial charge is 0.294 e. The zero-order valence-electron chi connectivity index (χ0n) is 11.5. The van der Waals surface area contributed by atoms with Gasteiger partial charge in [-0.05, 0) is 12.0 Å². The third-order valence-electron chi connectivity index (χ3n) is 3.28. The lowest BCUT2D eigenvalue weighted by atomic mass is 9.93. The van der Waals surface area contributed by atoms with Crippen molar-refractivity contribution in [3.63, 3.8) is 0 Å². The third kappa shape index (κ3) is 3.76. The normalized spacial score (nSPS) is 11.9. The van der Waals surface area contributed by atoms with Crippen LogP contribution in [-0.4, -0.2) is 10.7 Å². The standard InChI is InChI=1S/C16H14BrNO3/c1-11(16(19)12-5-3-2-4-6-12)9-13-7-8-14(18(20)21)10-15(13)17/h2-8,10-11H,9H2,1H3. The van der Waals surface area contributed by atoms with Crippen LogP contribution in [0.3, 0.4) is 0 Å². The average molecular weight is 348 g/mol. The van der Waals surface area contributed by atoms with E-state index in [2.05, 4.69) is 15.9 Å². The molecular formula is C16H14BrNO3. The molecule has 2 rings (SSSR count). The Morgan fingerprint density at radius 1 is 1.24 bits per heavy atom. The highest BCUT2D eigenvalue weighted by molar-refractivity contribution is 9.10. The van der Waals surface area contributed by atoms with Gasteiger partial charge in [-0.1, -0.05) is 59.3 Å². The maximum atomic E-state index is 12.3. The summed E-state index contributed by atoms with van der Waals surface area (Å²) in [6.45, 7) is 1.86. The monoisotopic (exact) mass is 347 g/mol. The zero-order chi connectivity index (χ0) is 15.4. The number of nitro groups is 1. The minimum absolute atomic E-state index is 0.0349. The second-order valence-corrected chi connectivity index (χ2v) is 5.72. The smallest absolute Gasteiger partial charge is 0.270 e. The van der Waals surface area contributed by atoms with Gasteiger partial charge in [0.25, 0.3) is 5.69 Å². The highest BCUT2D eigenvalue weighted by Gasteiger charge is 2.18. The van der Waals surface area contributed by atoms with Crippen molar-refractivity contribution in [2.45, 2.75) is 13.3 Å². The topological polar surface area (TPSA) is 60.2 Å². The number of ketones is 1. The number of hydrogen-bond acceptors (Lipinski definition) is 3. The maximum Gasteiger partial charge on any atom is 0.270 e. The molecule has 0 bridgehead atoms. The summed E-state index contributed by atoms with van der Waals surface area (Å²) in [5.41, 5.74) is 1.60. The van der Waals surface area contributed by atoms with Gasteiger partial charge < -0.3 is 0 Å². The summed E-state index contributed by atoms with van der Waals surface area (Å²) in [5.74, 6) is -0.119. The molecular weight excluding hydrogens is 334 g/mol. The predicted octanol–water partition coefficient (Wildman–Crippen LogP) is 4.42. The summed E-state index contributed by atoms with van der Waals surface area (Å²) in [6.07, 6.45) is 0.534. The van der Waals surface area contributed by atoms with Crippen LogP contribution in [0.15, 0.2) is 53.0 Å². The first kappa shape index (κ1) is 15.4. The molecule has 0 amide bonds. The Balaban J connectivity index is 2.14. The van der Waals surface area contributed by atoms with Crippen molar-refractivity contribution < 1.29 is 9.72 Å². The summed E-state index contributed by atoms with van der Waals surface area (Å²) in [5, 5.41) is 10.7. The van der Waals surface area contributed by atoms with Gasteiger partial charge in [-0.2, -0.15) is 0 Å². The Hall–Kier alpha value is -2.01. The Bertz CT molecular complexity index is 670. The number of benzene rings is 2. The van der Waals surface area contributed by atoms with Gasteiger partial charge in [-0.3, -0.25) is 14.9 Å². The van der Waals surface area contributed by atoms with Crippen LogP contribution in [0.2, 0.25) is 0 Å². The highest BCUT2D eigenvalue weighted by atomic mass is 79.9. The Labute approximate surface area is 131 Å². The summed E-state index contributed by atoms with van der Waals surface area (Å²) < 4.78 is 0.657. The molecule has 1 atom stereocenters. The zero-order valence-corrected chi connectivity index (χ0v) is 13.0. The molecule has 2 aromatic carbocycles. The molecule has 0 fully saturated rings. The SMILES string of the molecule is CC(Cc1ccc([N+](=O)[O-])cc1Br)C(=O)c1ccccc1. The average Bonchev–Trinajstić information content (AvgIpc) is 2.49. The van der Waals surface area contributed by atoms with Crippen LogP contribution in [0.4, 0.5) is 5.69 Å². The van der Waals surface area contributed by atoms with Gasteiger partial charge in [0.2, 0.25) is 0 Å². The van der Waals surface area contributed by atoms with E-state index in [9.17, 15) is 14.9 Å². The number of carbonyl (C=O) groups is 1. The van der Waals surface area contributed by atoms with Crippen LogP contribution in [0.25, 0.3) is 0 Å². The van der Waals surface area contributed by atoms with Crippen molar-refractivity contribution in [1.82, 2.24) is 0 Å². The number of hydrogen-bond donors (Lipinski definition) is 0. The third-order valence-corrected chi connectivity index (χ3v) is 4.02. The van der Waals surface area contributed by atoms with Crippen LogP contribution in [-0.2, 0) is 6.42 Å². The van der Waals surface area contributed by atoms with Crippen molar-refractivity contribution in [3.05, 3.63) is 74.2 Å². The van der Waals surface area contributed by atoms with E-state index in [1.807, 2.05) is 25.1 Å². The van der Waals surface area contributed by atoms with Gasteiger partial charge in [0.15, 0.2) is 5.78 Å². The van der Waals surface area contributed by atoms with Gasteiger partial charge in [0.05, 0.1) is 4.92 Å². The minimum Gasteiger partial charge on any atom is -0.294 e. The molecule has 0 aliphatic rings. The van der Waals surface area contributed by atoms with Crippen molar-refractivity contribution in [2.24, 2.45) is 5.92 Å². The van der Waals surface area contributed by atoms with Crippen molar-refractivity contribution in [3.8, 4) is 0 Å². The predicted molar refractivity (Wildman–Crippen MR) is 84.4 cm³/mol. The lowest BCUT2D eigenvalue weighted by Crippen LogP contribution is -2.14. The fourth-order valence-electron chi connectivity index (χ4n) is 2.12. The second-order valence-electron chi connectivity index (χ2n) is 4.87. The molecule has 4 nitrogen and oxygen atoms in total. The second kappa shape index (κ2) is 6.63. The molecule has 0 saturated carbocycles. The molecule has 0 saturated heterocycles. The number of carbonyl (C=O) groups excluding carboxylic acids is 1. The quantitative estimate of drug-likeness (QED) is 0.457. The number of rotatable bonds is 5. The van der Waals surface area contributed by atoms with E-state index in [4.69, 9.17) is 0 Å². The maximum absolute atomic E-state index is 12.3. The van der Waals surface area contributed by atoms with E-state index in [0.29, 0.717) is 16.5 Å². The van der Waals surface area contributed by atoms with Gasteiger partial charge in [-0.15, -0.1) is 0 Å². The lowest BCUT2D eigenvalue weighted by molar-refractivity contribution is -0.384. The van der Waals surface area contributed by atoms with Crippen LogP contribution < -0.4 is 0 Å². The van der Waals surface area contributed by atoms with E-state index < -0.39 is 4.92 Å².